The van der Waals surface area contributed by atoms with E-state index in [-0.39, 0.29) is 0 Å². The number of hydrogen-bond donors (Lipinski definition) is 2. The summed E-state index contributed by atoms with van der Waals surface area (Å²) in [5.74, 6) is -1.69. The average molecular weight is 160 g/mol. The Bertz CT molecular complexity index is 139. The molecule has 0 bridgehead atoms. The number of carboxylic acids is 2. The van der Waals surface area contributed by atoms with E-state index in [2.05, 4.69) is 6.58 Å². The van der Waals surface area contributed by atoms with Gasteiger partial charge in [0.15, 0.2) is 0 Å². The van der Waals surface area contributed by atoms with E-state index in [1.165, 1.54) is 0 Å². The lowest BCUT2D eigenvalue weighted by molar-refractivity contribution is -0.137. The van der Waals surface area contributed by atoms with Crippen LogP contribution in [-0.4, -0.2) is 22.2 Å². The van der Waals surface area contributed by atoms with Crippen LogP contribution < -0.4 is 0 Å². The van der Waals surface area contributed by atoms with Gasteiger partial charge in [-0.3, -0.25) is 4.79 Å². The van der Waals surface area contributed by atoms with Crippen molar-refractivity contribution < 1.29 is 19.8 Å². The van der Waals surface area contributed by atoms with Crippen molar-refractivity contribution in [2.24, 2.45) is 0 Å². The van der Waals surface area contributed by atoms with Crippen LogP contribution in [0, 0.1) is 0 Å². The molecular weight excluding hydrogens is 148 g/mol. The topological polar surface area (TPSA) is 74.6 Å². The van der Waals surface area contributed by atoms with Gasteiger partial charge in [-0.25, -0.2) is 4.79 Å². The van der Waals surface area contributed by atoms with Crippen LogP contribution in [0.15, 0.2) is 12.7 Å². The zero-order chi connectivity index (χ0) is 9.28. The van der Waals surface area contributed by atoms with E-state index < -0.39 is 11.9 Å². The summed E-state index contributed by atoms with van der Waals surface area (Å²) in [6.45, 7) is 4.80. The fourth-order valence-corrected chi connectivity index (χ4v) is 0.214. The molecule has 0 aliphatic carbocycles. The predicted octanol–water partition coefficient (Wildman–Crippen LogP) is 1.13. The van der Waals surface area contributed by atoms with Gasteiger partial charge in [-0.05, 0) is 6.42 Å². The largest absolute Gasteiger partial charge is 0.481 e. The van der Waals surface area contributed by atoms with E-state index in [9.17, 15) is 9.59 Å². The standard InChI is InChI=1S/C4H8O2.C3H4O2/c1-2-3-4(5)6;1-2-3(4)5/h2-3H2,1H3,(H,5,6);2H,1H2,(H,4,5). The highest BCUT2D eigenvalue weighted by Gasteiger charge is 1.87. The maximum atomic E-state index is 9.60. The van der Waals surface area contributed by atoms with Crippen LogP contribution >= 0.6 is 0 Å². The molecule has 4 nitrogen and oxygen atoms in total. The number of hydrogen-bond acceptors (Lipinski definition) is 2. The van der Waals surface area contributed by atoms with Gasteiger partial charge < -0.3 is 10.2 Å². The molecule has 0 saturated carbocycles. The third-order valence-electron chi connectivity index (χ3n) is 0.638. The summed E-state index contributed by atoms with van der Waals surface area (Å²) in [4.78, 5) is 18.8. The van der Waals surface area contributed by atoms with Gasteiger partial charge in [0.1, 0.15) is 0 Å². The highest BCUT2D eigenvalue weighted by Crippen LogP contribution is 1.82. The number of rotatable bonds is 3. The van der Waals surface area contributed by atoms with Crippen molar-refractivity contribution in [3.63, 3.8) is 0 Å². The Morgan fingerprint density at radius 2 is 1.82 bits per heavy atom. The maximum Gasteiger partial charge on any atom is 0.327 e. The van der Waals surface area contributed by atoms with E-state index >= 15 is 0 Å². The Labute approximate surface area is 65.2 Å². The van der Waals surface area contributed by atoms with Crippen LogP contribution in [-0.2, 0) is 9.59 Å². The van der Waals surface area contributed by atoms with Gasteiger partial charge >= 0.3 is 11.9 Å². The van der Waals surface area contributed by atoms with Crippen LogP contribution in [0.2, 0.25) is 0 Å². The first-order valence-corrected chi connectivity index (χ1v) is 3.11. The summed E-state index contributed by atoms with van der Waals surface area (Å²) in [6.07, 6.45) is 1.86. The molecule has 0 aliphatic heterocycles. The zero-order valence-corrected chi connectivity index (χ0v) is 6.41. The Balaban J connectivity index is 0. The quantitative estimate of drug-likeness (QED) is 0.607. The molecule has 2 N–H and O–H groups in total. The third kappa shape index (κ3) is 28.6. The van der Waals surface area contributed by atoms with Crippen LogP contribution in [0.4, 0.5) is 0 Å². The van der Waals surface area contributed by atoms with Crippen molar-refractivity contribution in [1.82, 2.24) is 0 Å². The average Bonchev–Trinajstić information content (AvgIpc) is 1.89. The lowest BCUT2D eigenvalue weighted by Gasteiger charge is -1.79. The van der Waals surface area contributed by atoms with Crippen LogP contribution in [0.1, 0.15) is 19.8 Å². The molecule has 0 amide bonds. The van der Waals surface area contributed by atoms with Gasteiger partial charge in [0.25, 0.3) is 0 Å². The van der Waals surface area contributed by atoms with E-state index in [4.69, 9.17) is 10.2 Å². The minimum atomic E-state index is -0.981. The Morgan fingerprint density at radius 3 is 1.82 bits per heavy atom. The molecule has 0 aromatic rings. The molecule has 64 valence electrons. The second-order valence-electron chi connectivity index (χ2n) is 1.69. The van der Waals surface area contributed by atoms with E-state index in [0.29, 0.717) is 6.42 Å². The smallest absolute Gasteiger partial charge is 0.327 e. The lowest BCUT2D eigenvalue weighted by Crippen LogP contribution is -1.90. The van der Waals surface area contributed by atoms with Gasteiger partial charge in [0, 0.05) is 12.5 Å². The Kier molecular flexibility index (Phi) is 9.76. The second-order valence-corrected chi connectivity index (χ2v) is 1.69. The van der Waals surface area contributed by atoms with Gasteiger partial charge in [-0.15, -0.1) is 0 Å². The van der Waals surface area contributed by atoms with Crippen molar-refractivity contribution in [2.45, 2.75) is 19.8 Å². The van der Waals surface area contributed by atoms with Crippen molar-refractivity contribution in [3.8, 4) is 0 Å². The number of aliphatic carboxylic acids is 2. The molecule has 0 radical (unpaired) electrons. The van der Waals surface area contributed by atoms with Crippen LogP contribution in [0.25, 0.3) is 0 Å². The summed E-state index contributed by atoms with van der Waals surface area (Å²) in [6, 6.07) is 0. The molecule has 0 unspecified atom stereocenters. The van der Waals surface area contributed by atoms with Gasteiger partial charge in [0.2, 0.25) is 0 Å². The summed E-state index contributed by atoms with van der Waals surface area (Å²) >= 11 is 0. The van der Waals surface area contributed by atoms with Crippen LogP contribution in [0.3, 0.4) is 0 Å². The van der Waals surface area contributed by atoms with Crippen molar-refractivity contribution in [1.29, 1.82) is 0 Å². The molecule has 0 atom stereocenters. The summed E-state index contributed by atoms with van der Waals surface area (Å²) in [7, 11) is 0. The molecular formula is C7H12O4. The minimum Gasteiger partial charge on any atom is -0.481 e. The number of carboxylic acid groups (broad SMARTS) is 2. The normalized spacial score (nSPS) is 7.36. The maximum absolute atomic E-state index is 9.60. The molecule has 0 fully saturated rings. The second kappa shape index (κ2) is 8.68. The Hall–Kier alpha value is -1.32. The fraction of sp³-hybridized carbons (Fsp3) is 0.429. The lowest BCUT2D eigenvalue weighted by atomic mass is 10.4. The number of carbonyl (C=O) groups is 2. The molecule has 0 saturated heterocycles. The molecule has 0 rings (SSSR count). The molecule has 0 spiro atoms. The minimum absolute atomic E-state index is 0.292. The monoisotopic (exact) mass is 160 g/mol. The summed E-state index contributed by atoms with van der Waals surface area (Å²) < 4.78 is 0. The van der Waals surface area contributed by atoms with Crippen LogP contribution in [0.5, 0.6) is 0 Å². The fourth-order valence-electron chi connectivity index (χ4n) is 0.214. The molecule has 11 heavy (non-hydrogen) atoms. The molecule has 4 heteroatoms. The summed E-state index contributed by atoms with van der Waals surface area (Å²) in [5, 5.41) is 15.5. The third-order valence-corrected chi connectivity index (χ3v) is 0.638. The van der Waals surface area contributed by atoms with Crippen molar-refractivity contribution >= 4 is 11.9 Å². The van der Waals surface area contributed by atoms with E-state index in [0.717, 1.165) is 12.5 Å². The SMILES string of the molecule is C=CC(=O)O.CCCC(=O)O. The first kappa shape index (κ1) is 12.4. The first-order valence-electron chi connectivity index (χ1n) is 3.11. The summed E-state index contributed by atoms with van der Waals surface area (Å²) in [5.41, 5.74) is 0. The molecule has 0 heterocycles. The predicted molar refractivity (Wildman–Crippen MR) is 40.4 cm³/mol. The van der Waals surface area contributed by atoms with Gasteiger partial charge in [-0.1, -0.05) is 13.5 Å². The van der Waals surface area contributed by atoms with Gasteiger partial charge in [0.05, 0.1) is 0 Å². The molecule has 0 aliphatic rings. The molecule has 0 aromatic heterocycles. The van der Waals surface area contributed by atoms with Crippen molar-refractivity contribution in [2.75, 3.05) is 0 Å². The first-order chi connectivity index (χ1) is 5.04. The van der Waals surface area contributed by atoms with E-state index in [1.54, 1.807) is 0 Å². The molecule has 0 aromatic carbocycles. The highest BCUT2D eigenvalue weighted by molar-refractivity contribution is 5.78. The van der Waals surface area contributed by atoms with Gasteiger partial charge in [-0.2, -0.15) is 0 Å². The van der Waals surface area contributed by atoms with Crippen molar-refractivity contribution in [3.05, 3.63) is 12.7 Å². The highest BCUT2D eigenvalue weighted by atomic mass is 16.4. The zero-order valence-electron chi connectivity index (χ0n) is 6.41. The Morgan fingerprint density at radius 1 is 1.45 bits per heavy atom. The van der Waals surface area contributed by atoms with E-state index in [1.807, 2.05) is 6.92 Å².